The van der Waals surface area contributed by atoms with Gasteiger partial charge in [-0.3, -0.25) is 9.69 Å². The zero-order valence-corrected chi connectivity index (χ0v) is 11.8. The lowest BCUT2D eigenvalue weighted by molar-refractivity contribution is -0.121. The first-order valence-corrected chi connectivity index (χ1v) is 7.12. The molecule has 0 bridgehead atoms. The van der Waals surface area contributed by atoms with Gasteiger partial charge in [-0.15, -0.1) is 0 Å². The van der Waals surface area contributed by atoms with Gasteiger partial charge in [-0.2, -0.15) is 0 Å². The SMILES string of the molecule is CCN1CCCCC1CNC(=O)Cc1cc(C)no1. The van der Waals surface area contributed by atoms with Gasteiger partial charge in [0.2, 0.25) is 5.91 Å². The molecule has 2 rings (SSSR count). The molecule has 106 valence electrons. The number of nitrogens with zero attached hydrogens (tertiary/aromatic N) is 2. The Balaban J connectivity index is 1.76. The molecule has 5 heteroatoms. The van der Waals surface area contributed by atoms with Gasteiger partial charge in [-0.05, 0) is 32.9 Å². The molecule has 0 aromatic carbocycles. The molecule has 0 radical (unpaired) electrons. The number of nitrogens with one attached hydrogen (secondary N) is 1. The number of hydrogen-bond donors (Lipinski definition) is 1. The fourth-order valence-corrected chi connectivity index (χ4v) is 2.66. The average molecular weight is 265 g/mol. The van der Waals surface area contributed by atoms with E-state index in [2.05, 4.69) is 22.3 Å². The van der Waals surface area contributed by atoms with Crippen molar-refractivity contribution in [3.05, 3.63) is 17.5 Å². The molecule has 1 atom stereocenters. The van der Waals surface area contributed by atoms with Crippen LogP contribution in [0.3, 0.4) is 0 Å². The molecule has 19 heavy (non-hydrogen) atoms. The summed E-state index contributed by atoms with van der Waals surface area (Å²) in [5.41, 5.74) is 0.812. The number of piperidine rings is 1. The maximum Gasteiger partial charge on any atom is 0.227 e. The molecule has 1 amide bonds. The van der Waals surface area contributed by atoms with E-state index in [-0.39, 0.29) is 12.3 Å². The van der Waals surface area contributed by atoms with Gasteiger partial charge in [-0.25, -0.2) is 0 Å². The number of rotatable bonds is 5. The molecule has 1 aromatic heterocycles. The molecule has 2 heterocycles. The molecule has 1 saturated heterocycles. The summed E-state index contributed by atoms with van der Waals surface area (Å²) in [5, 5.41) is 6.79. The van der Waals surface area contributed by atoms with Crippen LogP contribution in [0.15, 0.2) is 10.6 Å². The maximum atomic E-state index is 11.8. The molecule has 1 unspecified atom stereocenters. The number of carbonyl (C=O) groups excluding carboxylic acids is 1. The minimum atomic E-state index is 0.0118. The van der Waals surface area contributed by atoms with Crippen molar-refractivity contribution < 1.29 is 9.32 Å². The van der Waals surface area contributed by atoms with Crippen LogP contribution in [0, 0.1) is 6.92 Å². The van der Waals surface area contributed by atoms with E-state index in [1.807, 2.05) is 6.92 Å². The summed E-state index contributed by atoms with van der Waals surface area (Å²) in [4.78, 5) is 14.3. The van der Waals surface area contributed by atoms with Crippen molar-refractivity contribution in [3.8, 4) is 0 Å². The fourth-order valence-electron chi connectivity index (χ4n) is 2.66. The van der Waals surface area contributed by atoms with Crippen molar-refractivity contribution in [2.45, 2.75) is 45.6 Å². The smallest absolute Gasteiger partial charge is 0.227 e. The molecule has 0 spiro atoms. The molecule has 1 aliphatic heterocycles. The van der Waals surface area contributed by atoms with Crippen LogP contribution in [0.2, 0.25) is 0 Å². The van der Waals surface area contributed by atoms with Gasteiger partial charge in [0, 0.05) is 18.7 Å². The summed E-state index contributed by atoms with van der Waals surface area (Å²) < 4.78 is 5.05. The Bertz CT molecular complexity index is 417. The average Bonchev–Trinajstić information content (AvgIpc) is 2.82. The molecule has 1 aliphatic rings. The molecule has 1 aromatic rings. The monoisotopic (exact) mass is 265 g/mol. The molecule has 5 nitrogen and oxygen atoms in total. The third-order valence-electron chi connectivity index (χ3n) is 3.70. The summed E-state index contributed by atoms with van der Waals surface area (Å²) in [6, 6.07) is 2.29. The normalized spacial score (nSPS) is 20.4. The minimum Gasteiger partial charge on any atom is -0.361 e. The molecule has 1 N–H and O–H groups in total. The third kappa shape index (κ3) is 4.06. The second kappa shape index (κ2) is 6.70. The van der Waals surface area contributed by atoms with Crippen molar-refractivity contribution in [2.24, 2.45) is 0 Å². The lowest BCUT2D eigenvalue weighted by Gasteiger charge is -2.34. The Morgan fingerprint density at radius 3 is 3.11 bits per heavy atom. The van der Waals surface area contributed by atoms with Gasteiger partial charge in [0.05, 0.1) is 12.1 Å². The molecule has 0 saturated carbocycles. The van der Waals surface area contributed by atoms with Crippen LogP contribution >= 0.6 is 0 Å². The molecular formula is C14H23N3O2. The lowest BCUT2D eigenvalue weighted by Crippen LogP contribution is -2.46. The van der Waals surface area contributed by atoms with Gasteiger partial charge in [-0.1, -0.05) is 18.5 Å². The predicted molar refractivity (Wildman–Crippen MR) is 72.8 cm³/mol. The van der Waals surface area contributed by atoms with Gasteiger partial charge < -0.3 is 9.84 Å². The van der Waals surface area contributed by atoms with Crippen LogP contribution in [-0.2, 0) is 11.2 Å². The Labute approximate surface area is 114 Å². The van der Waals surface area contributed by atoms with Crippen LogP contribution in [-0.4, -0.2) is 41.6 Å². The van der Waals surface area contributed by atoms with Crippen molar-refractivity contribution >= 4 is 5.91 Å². The van der Waals surface area contributed by atoms with E-state index >= 15 is 0 Å². The Hall–Kier alpha value is -1.36. The number of hydrogen-bond acceptors (Lipinski definition) is 4. The van der Waals surface area contributed by atoms with E-state index in [0.29, 0.717) is 11.8 Å². The van der Waals surface area contributed by atoms with E-state index in [1.54, 1.807) is 6.07 Å². The van der Waals surface area contributed by atoms with Crippen LogP contribution < -0.4 is 5.32 Å². The highest BCUT2D eigenvalue weighted by Crippen LogP contribution is 2.15. The standard InChI is InChI=1S/C14H23N3O2/c1-3-17-7-5-4-6-12(17)10-15-14(18)9-13-8-11(2)16-19-13/h8,12H,3-7,9-10H2,1-2H3,(H,15,18). The number of carbonyl (C=O) groups is 1. The Morgan fingerprint density at radius 1 is 1.58 bits per heavy atom. The number of aromatic nitrogens is 1. The van der Waals surface area contributed by atoms with Crippen molar-refractivity contribution in [1.82, 2.24) is 15.4 Å². The number of likely N-dealkylation sites (tertiary alicyclic amines) is 1. The number of amides is 1. The summed E-state index contributed by atoms with van der Waals surface area (Å²) in [7, 11) is 0. The second-order valence-electron chi connectivity index (χ2n) is 5.19. The third-order valence-corrected chi connectivity index (χ3v) is 3.70. The van der Waals surface area contributed by atoms with Crippen molar-refractivity contribution in [3.63, 3.8) is 0 Å². The van der Waals surface area contributed by atoms with E-state index in [0.717, 1.165) is 25.3 Å². The van der Waals surface area contributed by atoms with E-state index < -0.39 is 0 Å². The van der Waals surface area contributed by atoms with Crippen LogP contribution in [0.1, 0.15) is 37.6 Å². The zero-order valence-electron chi connectivity index (χ0n) is 11.8. The maximum absolute atomic E-state index is 11.8. The number of likely N-dealkylation sites (N-methyl/N-ethyl adjacent to an activating group) is 1. The largest absolute Gasteiger partial charge is 0.361 e. The van der Waals surface area contributed by atoms with Crippen molar-refractivity contribution in [2.75, 3.05) is 19.6 Å². The summed E-state index contributed by atoms with van der Waals surface area (Å²) >= 11 is 0. The quantitative estimate of drug-likeness (QED) is 0.877. The first kappa shape index (κ1) is 14.1. The van der Waals surface area contributed by atoms with Crippen LogP contribution in [0.25, 0.3) is 0 Å². The van der Waals surface area contributed by atoms with Crippen LogP contribution in [0.5, 0.6) is 0 Å². The highest BCUT2D eigenvalue weighted by molar-refractivity contribution is 5.77. The highest BCUT2D eigenvalue weighted by Gasteiger charge is 2.21. The first-order chi connectivity index (χ1) is 9.19. The summed E-state index contributed by atoms with van der Waals surface area (Å²) in [5.74, 6) is 0.642. The van der Waals surface area contributed by atoms with Crippen molar-refractivity contribution in [1.29, 1.82) is 0 Å². The topological polar surface area (TPSA) is 58.4 Å². The first-order valence-electron chi connectivity index (χ1n) is 7.12. The number of aryl methyl sites for hydroxylation is 1. The predicted octanol–water partition coefficient (Wildman–Crippen LogP) is 1.52. The Morgan fingerprint density at radius 2 is 2.42 bits per heavy atom. The molecule has 1 fully saturated rings. The lowest BCUT2D eigenvalue weighted by atomic mass is 10.0. The second-order valence-corrected chi connectivity index (χ2v) is 5.19. The van der Waals surface area contributed by atoms with E-state index in [4.69, 9.17) is 4.52 Å². The molecular weight excluding hydrogens is 242 g/mol. The molecule has 0 aliphatic carbocycles. The van der Waals surface area contributed by atoms with Gasteiger partial charge in [0.25, 0.3) is 0 Å². The van der Waals surface area contributed by atoms with Gasteiger partial charge in [0.15, 0.2) is 0 Å². The van der Waals surface area contributed by atoms with E-state index in [9.17, 15) is 4.79 Å². The zero-order chi connectivity index (χ0) is 13.7. The van der Waals surface area contributed by atoms with E-state index in [1.165, 1.54) is 19.3 Å². The summed E-state index contributed by atoms with van der Waals surface area (Å²) in [6.45, 7) is 6.98. The summed E-state index contributed by atoms with van der Waals surface area (Å²) in [6.07, 6.45) is 3.99. The highest BCUT2D eigenvalue weighted by atomic mass is 16.5. The minimum absolute atomic E-state index is 0.0118. The Kier molecular flexibility index (Phi) is 4.96. The fraction of sp³-hybridized carbons (Fsp3) is 0.714. The van der Waals surface area contributed by atoms with Gasteiger partial charge >= 0.3 is 0 Å². The van der Waals surface area contributed by atoms with Gasteiger partial charge in [0.1, 0.15) is 5.76 Å². The van der Waals surface area contributed by atoms with Crippen LogP contribution in [0.4, 0.5) is 0 Å².